The van der Waals surface area contributed by atoms with Crippen LogP contribution in [0.4, 0.5) is 27.6 Å². The van der Waals surface area contributed by atoms with E-state index in [1.165, 1.54) is 19.1 Å². The summed E-state index contributed by atoms with van der Waals surface area (Å²) in [5.41, 5.74) is -1.10. The van der Waals surface area contributed by atoms with Gasteiger partial charge in [-0.1, -0.05) is 0 Å². The Morgan fingerprint density at radius 3 is 1.90 bits per heavy atom. The zero-order valence-corrected chi connectivity index (χ0v) is 11.5. The molecule has 1 aromatic carbocycles. The Bertz CT molecular complexity index is 629. The molecule has 20 heavy (non-hydrogen) atoms. The largest absolute Gasteiger partial charge is 0.452 e. The van der Waals surface area contributed by atoms with Crippen LogP contribution in [0.5, 0.6) is 0 Å². The molecule has 0 radical (unpaired) electrons. The van der Waals surface area contributed by atoms with Gasteiger partial charge in [0, 0.05) is 0 Å². The molecule has 1 aromatic heterocycles. The summed E-state index contributed by atoms with van der Waals surface area (Å²) in [6.45, 7) is 1.45. The first kappa shape index (κ1) is 14.8. The fourth-order valence-electron chi connectivity index (χ4n) is 1.58. The van der Waals surface area contributed by atoms with Crippen LogP contribution in [-0.2, 0) is 0 Å². The average Bonchev–Trinajstić information content (AvgIpc) is 2.85. The van der Waals surface area contributed by atoms with Gasteiger partial charge >= 0.3 is 0 Å². The van der Waals surface area contributed by atoms with Crippen molar-refractivity contribution in [2.75, 3.05) is 5.32 Å². The molecule has 0 bridgehead atoms. The van der Waals surface area contributed by atoms with E-state index in [4.69, 9.17) is 4.42 Å². The molecule has 0 aliphatic carbocycles. The molecule has 0 amide bonds. The van der Waals surface area contributed by atoms with Crippen LogP contribution in [0, 0.1) is 29.1 Å². The van der Waals surface area contributed by atoms with Crippen molar-refractivity contribution in [1.82, 2.24) is 0 Å². The normalized spacial score (nSPS) is 12.6. The van der Waals surface area contributed by atoms with Gasteiger partial charge in [0.15, 0.2) is 27.9 Å². The standard InChI is InChI=1S/C12H7BrF5NO/c1-4(5-2-3-6(13)20-5)19-12-10(17)8(15)7(14)9(16)11(12)18/h2-4,19H,1H3. The summed E-state index contributed by atoms with van der Waals surface area (Å²) in [5.74, 6) is -9.77. The first-order valence-corrected chi connectivity index (χ1v) is 6.15. The zero-order chi connectivity index (χ0) is 15.0. The summed E-state index contributed by atoms with van der Waals surface area (Å²) >= 11 is 3.04. The number of hydrogen-bond donors (Lipinski definition) is 1. The van der Waals surface area contributed by atoms with Gasteiger partial charge in [0.2, 0.25) is 5.82 Å². The first-order valence-electron chi connectivity index (χ1n) is 5.36. The van der Waals surface area contributed by atoms with Gasteiger partial charge in [-0.05, 0) is 35.0 Å². The Hall–Kier alpha value is -1.57. The fraction of sp³-hybridized carbons (Fsp3) is 0.167. The number of rotatable bonds is 3. The Morgan fingerprint density at radius 1 is 0.950 bits per heavy atom. The van der Waals surface area contributed by atoms with Gasteiger partial charge < -0.3 is 9.73 Å². The van der Waals surface area contributed by atoms with Crippen LogP contribution < -0.4 is 5.32 Å². The quantitative estimate of drug-likeness (QED) is 0.480. The van der Waals surface area contributed by atoms with Crippen LogP contribution >= 0.6 is 15.9 Å². The second-order valence-electron chi connectivity index (χ2n) is 3.95. The molecular weight excluding hydrogens is 349 g/mol. The van der Waals surface area contributed by atoms with Gasteiger partial charge in [0.05, 0.1) is 6.04 Å². The van der Waals surface area contributed by atoms with Gasteiger partial charge in [0.1, 0.15) is 11.4 Å². The monoisotopic (exact) mass is 355 g/mol. The summed E-state index contributed by atoms with van der Waals surface area (Å²) in [6.07, 6.45) is 0. The molecule has 0 aliphatic heterocycles. The van der Waals surface area contributed by atoms with E-state index in [9.17, 15) is 22.0 Å². The number of benzene rings is 1. The second kappa shape index (κ2) is 5.43. The second-order valence-corrected chi connectivity index (χ2v) is 4.73. The maximum absolute atomic E-state index is 13.5. The minimum Gasteiger partial charge on any atom is -0.452 e. The molecule has 0 saturated heterocycles. The highest BCUT2D eigenvalue weighted by molar-refractivity contribution is 9.10. The minimum absolute atomic E-state index is 0.265. The molecule has 2 rings (SSSR count). The predicted molar refractivity (Wildman–Crippen MR) is 64.7 cm³/mol. The topological polar surface area (TPSA) is 25.2 Å². The number of hydrogen-bond acceptors (Lipinski definition) is 2. The molecule has 1 unspecified atom stereocenters. The van der Waals surface area contributed by atoms with Crippen molar-refractivity contribution in [2.24, 2.45) is 0 Å². The molecule has 1 atom stereocenters. The predicted octanol–water partition coefficient (Wildman–Crippen LogP) is 4.91. The highest BCUT2D eigenvalue weighted by Crippen LogP contribution is 2.30. The Labute approximate surface area is 118 Å². The number of halogens is 6. The number of nitrogens with one attached hydrogen (secondary N) is 1. The Balaban J connectivity index is 2.39. The SMILES string of the molecule is CC(Nc1c(F)c(F)c(F)c(F)c1F)c1ccc(Br)o1. The summed E-state index contributed by atoms with van der Waals surface area (Å²) in [7, 11) is 0. The van der Waals surface area contributed by atoms with Crippen LogP contribution in [0.3, 0.4) is 0 Å². The molecule has 1 heterocycles. The van der Waals surface area contributed by atoms with Gasteiger partial charge in [-0.15, -0.1) is 0 Å². The van der Waals surface area contributed by atoms with E-state index in [2.05, 4.69) is 21.2 Å². The van der Waals surface area contributed by atoms with E-state index < -0.39 is 40.8 Å². The Morgan fingerprint density at radius 2 is 1.45 bits per heavy atom. The van der Waals surface area contributed by atoms with Gasteiger partial charge in [-0.25, -0.2) is 22.0 Å². The van der Waals surface area contributed by atoms with Crippen LogP contribution in [0.2, 0.25) is 0 Å². The third kappa shape index (κ3) is 2.52. The average molecular weight is 356 g/mol. The van der Waals surface area contributed by atoms with Crippen molar-refractivity contribution < 1.29 is 26.4 Å². The van der Waals surface area contributed by atoms with Crippen molar-refractivity contribution in [1.29, 1.82) is 0 Å². The lowest BCUT2D eigenvalue weighted by Gasteiger charge is -2.15. The van der Waals surface area contributed by atoms with E-state index in [-0.39, 0.29) is 5.76 Å². The van der Waals surface area contributed by atoms with E-state index >= 15 is 0 Å². The van der Waals surface area contributed by atoms with E-state index in [0.29, 0.717) is 4.67 Å². The summed E-state index contributed by atoms with van der Waals surface area (Å²) in [4.78, 5) is 0. The summed E-state index contributed by atoms with van der Waals surface area (Å²) < 4.78 is 71.4. The molecule has 0 saturated carbocycles. The molecule has 2 nitrogen and oxygen atoms in total. The van der Waals surface area contributed by atoms with Crippen molar-refractivity contribution in [3.63, 3.8) is 0 Å². The maximum Gasteiger partial charge on any atom is 0.200 e. The lowest BCUT2D eigenvalue weighted by Crippen LogP contribution is -2.12. The lowest BCUT2D eigenvalue weighted by atomic mass is 10.2. The van der Waals surface area contributed by atoms with E-state index in [1.54, 1.807) is 0 Å². The van der Waals surface area contributed by atoms with Crippen molar-refractivity contribution >= 4 is 21.6 Å². The lowest BCUT2D eigenvalue weighted by molar-refractivity contribution is 0.380. The smallest absolute Gasteiger partial charge is 0.200 e. The van der Waals surface area contributed by atoms with Crippen molar-refractivity contribution in [3.05, 3.63) is 51.6 Å². The molecule has 0 fully saturated rings. The highest BCUT2D eigenvalue weighted by atomic mass is 79.9. The molecule has 0 aliphatic rings. The third-order valence-electron chi connectivity index (χ3n) is 2.59. The maximum atomic E-state index is 13.5. The third-order valence-corrected chi connectivity index (χ3v) is 3.02. The number of anilines is 1. The minimum atomic E-state index is -2.20. The molecule has 2 aromatic rings. The van der Waals surface area contributed by atoms with Gasteiger partial charge in [-0.2, -0.15) is 0 Å². The van der Waals surface area contributed by atoms with Crippen LogP contribution in [0.1, 0.15) is 18.7 Å². The van der Waals surface area contributed by atoms with E-state index in [0.717, 1.165) is 0 Å². The van der Waals surface area contributed by atoms with E-state index in [1.807, 2.05) is 0 Å². The van der Waals surface area contributed by atoms with Crippen LogP contribution in [0.25, 0.3) is 0 Å². The highest BCUT2D eigenvalue weighted by Gasteiger charge is 2.27. The number of furan rings is 1. The Kier molecular flexibility index (Phi) is 4.03. The van der Waals surface area contributed by atoms with Crippen LogP contribution in [-0.4, -0.2) is 0 Å². The first-order chi connectivity index (χ1) is 9.32. The fourth-order valence-corrected chi connectivity index (χ4v) is 1.90. The van der Waals surface area contributed by atoms with Gasteiger partial charge in [-0.3, -0.25) is 0 Å². The van der Waals surface area contributed by atoms with Crippen LogP contribution in [0.15, 0.2) is 21.2 Å². The zero-order valence-electron chi connectivity index (χ0n) is 9.91. The van der Waals surface area contributed by atoms with Gasteiger partial charge in [0.25, 0.3) is 0 Å². The molecule has 1 N–H and O–H groups in total. The molecular formula is C12H7BrF5NO. The summed E-state index contributed by atoms with van der Waals surface area (Å²) in [6, 6.07) is 2.23. The molecule has 8 heteroatoms. The molecule has 108 valence electrons. The van der Waals surface area contributed by atoms with Crippen molar-refractivity contribution in [2.45, 2.75) is 13.0 Å². The summed E-state index contributed by atoms with van der Waals surface area (Å²) in [5, 5.41) is 2.21. The van der Waals surface area contributed by atoms with Crippen molar-refractivity contribution in [3.8, 4) is 0 Å². The molecule has 0 spiro atoms.